The van der Waals surface area contributed by atoms with Gasteiger partial charge < -0.3 is 25.9 Å². The number of carboxylic acid groups (broad SMARTS) is 1. The van der Waals surface area contributed by atoms with Gasteiger partial charge in [-0.3, -0.25) is 24.3 Å². The van der Waals surface area contributed by atoms with Crippen LogP contribution in [0, 0.1) is 0 Å². The van der Waals surface area contributed by atoms with Gasteiger partial charge in [0.1, 0.15) is 28.3 Å². The SMILES string of the molecule is O=C1CC(O/N=C(\C(=O)NC2C(=O)N3C(C(=O)O)=C(CSc4ccncc4)CS[C@H]23)c2csc(NC(c3ccccc3)(c3ccccc3)c3ccccc3)n2)N1. The van der Waals surface area contributed by atoms with E-state index in [-0.39, 0.29) is 29.4 Å². The number of β-lactam (4-membered cyclic amide) rings is 2. The molecule has 5 heterocycles. The second kappa shape index (κ2) is 16.0. The standard InChI is InChI=1S/C40H33N7O6S3/c48-30-20-31(43-30)53-46-32(35(49)44-33-36(50)47-34(38(51)52)24(22-55-37(33)47)21-54-28-16-18-41-19-17-28)29-23-56-39(42-29)45-40(25-10-4-1-5-11-25,26-12-6-2-7-13-26)27-14-8-3-9-15-27/h1-19,23,31,33,37H,20-22H2,(H,42,45)(H,43,48)(H,44,49)(H,51,52)/b46-32-/t31?,33?,37-/m1/s1. The molecule has 2 saturated heterocycles. The zero-order valence-electron chi connectivity index (χ0n) is 29.4. The van der Waals surface area contributed by atoms with E-state index in [0.717, 1.165) is 21.6 Å². The van der Waals surface area contributed by atoms with Gasteiger partial charge in [0.25, 0.3) is 11.8 Å². The van der Waals surface area contributed by atoms with Gasteiger partial charge in [0.05, 0.1) is 6.42 Å². The third-order valence-electron chi connectivity index (χ3n) is 9.44. The number of pyridine rings is 1. The average molecular weight is 804 g/mol. The van der Waals surface area contributed by atoms with Crippen molar-refractivity contribution in [1.82, 2.24) is 25.5 Å². The minimum Gasteiger partial charge on any atom is -0.477 e. The number of rotatable bonds is 14. The van der Waals surface area contributed by atoms with Crippen LogP contribution >= 0.6 is 34.9 Å². The van der Waals surface area contributed by atoms with Crippen molar-refractivity contribution < 1.29 is 29.1 Å². The number of amides is 3. The lowest BCUT2D eigenvalue weighted by Crippen LogP contribution is -2.71. The molecule has 8 rings (SSSR count). The Morgan fingerprint density at radius 1 is 0.946 bits per heavy atom. The number of benzene rings is 3. The number of anilines is 1. The van der Waals surface area contributed by atoms with E-state index in [9.17, 15) is 24.3 Å². The minimum atomic E-state index is -1.21. The number of hydrogen-bond donors (Lipinski definition) is 4. The van der Waals surface area contributed by atoms with E-state index in [0.29, 0.717) is 22.2 Å². The van der Waals surface area contributed by atoms with Crippen molar-refractivity contribution in [3.63, 3.8) is 0 Å². The molecule has 4 N–H and O–H groups in total. The predicted octanol–water partition coefficient (Wildman–Crippen LogP) is 5.04. The van der Waals surface area contributed by atoms with Crippen LogP contribution in [-0.2, 0) is 29.6 Å². The number of aliphatic carboxylic acids is 1. The zero-order chi connectivity index (χ0) is 38.6. The molecule has 2 aromatic heterocycles. The van der Waals surface area contributed by atoms with Crippen molar-refractivity contribution >= 4 is 69.4 Å². The maximum atomic E-state index is 14.1. The highest BCUT2D eigenvalue weighted by molar-refractivity contribution is 8.01. The highest BCUT2D eigenvalue weighted by atomic mass is 32.2. The number of carboxylic acids is 1. The topological polar surface area (TPSA) is 175 Å². The third-order valence-corrected chi connectivity index (χ3v) is 12.6. The number of aromatic nitrogens is 2. The van der Waals surface area contributed by atoms with Crippen LogP contribution in [0.3, 0.4) is 0 Å². The number of thioether (sulfide) groups is 2. The van der Waals surface area contributed by atoms with E-state index < -0.39 is 41.0 Å². The molecule has 3 aromatic carbocycles. The molecule has 13 nitrogen and oxygen atoms in total. The summed E-state index contributed by atoms with van der Waals surface area (Å²) in [4.78, 5) is 68.3. The highest BCUT2D eigenvalue weighted by Crippen LogP contribution is 2.43. The second-order valence-electron chi connectivity index (χ2n) is 12.9. The van der Waals surface area contributed by atoms with Crippen LogP contribution in [0.2, 0.25) is 0 Å². The van der Waals surface area contributed by atoms with Gasteiger partial charge in [-0.2, -0.15) is 0 Å². The molecule has 0 bridgehead atoms. The van der Waals surface area contributed by atoms with Gasteiger partial charge in [-0.25, -0.2) is 9.78 Å². The number of carbonyl (C=O) groups excluding carboxylic acids is 3. The number of carbonyl (C=O) groups is 4. The first kappa shape index (κ1) is 37.0. The van der Waals surface area contributed by atoms with Crippen LogP contribution in [0.15, 0.2) is 142 Å². The van der Waals surface area contributed by atoms with E-state index in [1.165, 1.54) is 39.8 Å². The van der Waals surface area contributed by atoms with E-state index in [2.05, 4.69) is 26.1 Å². The van der Waals surface area contributed by atoms with Crippen LogP contribution in [0.25, 0.3) is 0 Å². The van der Waals surface area contributed by atoms with E-state index in [1.54, 1.807) is 17.8 Å². The maximum absolute atomic E-state index is 14.1. The molecule has 56 heavy (non-hydrogen) atoms. The molecule has 3 amide bonds. The molecule has 5 aromatic rings. The lowest BCUT2D eigenvalue weighted by Gasteiger charge is -2.49. The van der Waals surface area contributed by atoms with Gasteiger partial charge in [0.15, 0.2) is 10.8 Å². The summed E-state index contributed by atoms with van der Waals surface area (Å²) in [6, 6.07) is 32.6. The number of nitrogens with one attached hydrogen (secondary N) is 3. The van der Waals surface area contributed by atoms with Crippen LogP contribution in [-0.4, -0.2) is 78.5 Å². The van der Waals surface area contributed by atoms with Crippen molar-refractivity contribution in [3.05, 3.63) is 155 Å². The van der Waals surface area contributed by atoms with Crippen LogP contribution in [0.4, 0.5) is 5.13 Å². The van der Waals surface area contributed by atoms with E-state index >= 15 is 0 Å². The normalized spacial score (nSPS) is 19.2. The Morgan fingerprint density at radius 3 is 2.12 bits per heavy atom. The summed E-state index contributed by atoms with van der Waals surface area (Å²) in [5.41, 5.74) is 2.47. The van der Waals surface area contributed by atoms with E-state index in [1.807, 2.05) is 103 Å². The molecule has 282 valence electrons. The van der Waals surface area contributed by atoms with Gasteiger partial charge in [-0.1, -0.05) is 96.2 Å². The number of nitrogens with zero attached hydrogens (tertiary/aromatic N) is 4. The summed E-state index contributed by atoms with van der Waals surface area (Å²) in [5, 5.41) is 24.8. The number of hydrogen-bond acceptors (Lipinski definition) is 12. The van der Waals surface area contributed by atoms with Gasteiger partial charge in [0.2, 0.25) is 12.1 Å². The van der Waals surface area contributed by atoms with Crippen molar-refractivity contribution in [3.8, 4) is 0 Å². The quantitative estimate of drug-likeness (QED) is 0.0389. The van der Waals surface area contributed by atoms with Crippen molar-refractivity contribution in [2.24, 2.45) is 5.16 Å². The highest BCUT2D eigenvalue weighted by Gasteiger charge is 2.54. The first-order chi connectivity index (χ1) is 27.3. The molecule has 3 aliphatic heterocycles. The van der Waals surface area contributed by atoms with Gasteiger partial charge in [-0.05, 0) is 34.4 Å². The van der Waals surface area contributed by atoms with E-state index in [4.69, 9.17) is 9.82 Å². The Bertz CT molecular complexity index is 2220. The summed E-state index contributed by atoms with van der Waals surface area (Å²) in [5.74, 6) is -1.99. The number of fused-ring (bicyclic) bond motifs is 1. The molecule has 0 aliphatic carbocycles. The van der Waals surface area contributed by atoms with Gasteiger partial charge in [-0.15, -0.1) is 34.9 Å². The molecule has 0 saturated carbocycles. The molecule has 16 heteroatoms. The fourth-order valence-electron chi connectivity index (χ4n) is 6.70. The Hall–Kier alpha value is -5.97. The largest absolute Gasteiger partial charge is 0.477 e. The molecule has 2 fully saturated rings. The minimum absolute atomic E-state index is 0.0664. The smallest absolute Gasteiger partial charge is 0.352 e. The van der Waals surface area contributed by atoms with Crippen molar-refractivity contribution in [1.29, 1.82) is 0 Å². The zero-order valence-corrected chi connectivity index (χ0v) is 31.9. The molecular formula is C40H33N7O6S3. The molecule has 0 radical (unpaired) electrons. The Morgan fingerprint density at radius 2 is 1.55 bits per heavy atom. The summed E-state index contributed by atoms with van der Waals surface area (Å²) in [6.45, 7) is 0. The second-order valence-corrected chi connectivity index (χ2v) is 15.9. The fourth-order valence-corrected chi connectivity index (χ4v) is 9.82. The maximum Gasteiger partial charge on any atom is 0.352 e. The number of oxime groups is 1. The summed E-state index contributed by atoms with van der Waals surface area (Å²) >= 11 is 4.09. The van der Waals surface area contributed by atoms with Crippen LogP contribution in [0.1, 0.15) is 28.8 Å². The Kier molecular flexibility index (Phi) is 10.6. The molecule has 3 atom stereocenters. The lowest BCUT2D eigenvalue weighted by atomic mass is 9.77. The summed E-state index contributed by atoms with van der Waals surface area (Å²) in [7, 11) is 0. The predicted molar refractivity (Wildman–Crippen MR) is 214 cm³/mol. The first-order valence-corrected chi connectivity index (χ1v) is 20.4. The third kappa shape index (κ3) is 7.25. The molecular weight excluding hydrogens is 771 g/mol. The summed E-state index contributed by atoms with van der Waals surface area (Å²) < 4.78 is 0. The van der Waals surface area contributed by atoms with Gasteiger partial charge >= 0.3 is 5.97 Å². The fraction of sp³-hybridized carbons (Fsp3) is 0.175. The van der Waals surface area contributed by atoms with Crippen LogP contribution < -0.4 is 16.0 Å². The lowest BCUT2D eigenvalue weighted by molar-refractivity contribution is -0.150. The monoisotopic (exact) mass is 803 g/mol. The molecule has 2 unspecified atom stereocenters. The summed E-state index contributed by atoms with van der Waals surface area (Å²) in [6.07, 6.45) is 2.66. The van der Waals surface area contributed by atoms with Crippen molar-refractivity contribution in [2.75, 3.05) is 16.8 Å². The average Bonchev–Trinajstić information content (AvgIpc) is 3.69. The number of thiazole rings is 1. The van der Waals surface area contributed by atoms with Crippen molar-refractivity contribution in [2.45, 2.75) is 34.5 Å². The first-order valence-electron chi connectivity index (χ1n) is 17.5. The van der Waals surface area contributed by atoms with Gasteiger partial charge in [0, 0.05) is 34.2 Å². The molecule has 3 aliphatic rings. The van der Waals surface area contributed by atoms with Crippen LogP contribution in [0.5, 0.6) is 0 Å². The Balaban J connectivity index is 1.07. The Labute approximate surface area is 333 Å². The molecule has 0 spiro atoms.